The van der Waals surface area contributed by atoms with Gasteiger partial charge in [-0.1, -0.05) is 6.07 Å². The van der Waals surface area contributed by atoms with E-state index < -0.39 is 6.10 Å². The van der Waals surface area contributed by atoms with Crippen LogP contribution >= 0.6 is 0 Å². The Kier molecular flexibility index (Phi) is 7.68. The zero-order chi connectivity index (χ0) is 18.9. The molecule has 4 N–H and O–H groups in total. The minimum Gasteiger partial charge on any atom is -0.493 e. The van der Waals surface area contributed by atoms with Gasteiger partial charge in [-0.3, -0.25) is 9.59 Å². The van der Waals surface area contributed by atoms with Gasteiger partial charge in [-0.2, -0.15) is 0 Å². The molecule has 1 heterocycles. The number of hydrogen-bond acceptors (Lipinski definition) is 6. The van der Waals surface area contributed by atoms with E-state index in [9.17, 15) is 9.59 Å². The van der Waals surface area contributed by atoms with E-state index >= 15 is 0 Å². The minimum atomic E-state index is -0.440. The van der Waals surface area contributed by atoms with Crippen molar-refractivity contribution in [3.8, 4) is 11.5 Å². The number of likely N-dealkylation sites (N-methyl/N-ethyl adjacent to an activating group) is 1. The molecule has 2 amide bonds. The molecule has 0 aliphatic carbocycles. The van der Waals surface area contributed by atoms with Gasteiger partial charge in [-0.05, 0) is 37.5 Å². The molecule has 0 saturated carbocycles. The summed E-state index contributed by atoms with van der Waals surface area (Å²) < 4.78 is 16.4. The van der Waals surface area contributed by atoms with Crippen LogP contribution in [0.25, 0.3) is 0 Å². The van der Waals surface area contributed by atoms with Crippen LogP contribution in [0.1, 0.15) is 25.3 Å². The average Bonchev–Trinajstić information content (AvgIpc) is 3.14. The minimum absolute atomic E-state index is 0.0350. The van der Waals surface area contributed by atoms with Crippen LogP contribution in [0.15, 0.2) is 18.2 Å². The second-order valence-electron chi connectivity index (χ2n) is 6.00. The number of hydrogen-bond donors (Lipinski definition) is 3. The molecule has 0 spiro atoms. The van der Waals surface area contributed by atoms with Gasteiger partial charge in [0.15, 0.2) is 18.1 Å². The molecule has 0 aromatic heterocycles. The third-order valence-corrected chi connectivity index (χ3v) is 4.09. The van der Waals surface area contributed by atoms with Crippen LogP contribution in [0, 0.1) is 0 Å². The van der Waals surface area contributed by atoms with Gasteiger partial charge in [-0.25, -0.2) is 0 Å². The smallest absolute Gasteiger partial charge is 0.257 e. The zero-order valence-corrected chi connectivity index (χ0v) is 15.2. The van der Waals surface area contributed by atoms with Crippen molar-refractivity contribution in [1.29, 1.82) is 0 Å². The fourth-order valence-electron chi connectivity index (χ4n) is 2.71. The van der Waals surface area contributed by atoms with E-state index in [1.165, 1.54) is 7.11 Å². The van der Waals surface area contributed by atoms with E-state index in [0.29, 0.717) is 37.6 Å². The van der Waals surface area contributed by atoms with Crippen molar-refractivity contribution < 1.29 is 23.8 Å². The molecule has 144 valence electrons. The molecule has 1 aliphatic rings. The van der Waals surface area contributed by atoms with Crippen molar-refractivity contribution in [2.75, 3.05) is 26.8 Å². The monoisotopic (exact) mass is 365 g/mol. The Labute approximate surface area is 153 Å². The van der Waals surface area contributed by atoms with Crippen LogP contribution in [0.5, 0.6) is 11.5 Å². The van der Waals surface area contributed by atoms with Gasteiger partial charge in [0, 0.05) is 19.6 Å². The highest BCUT2D eigenvalue weighted by atomic mass is 16.5. The molecule has 26 heavy (non-hydrogen) atoms. The number of methoxy groups -OCH3 is 1. The van der Waals surface area contributed by atoms with E-state index in [1.807, 2.05) is 13.0 Å². The van der Waals surface area contributed by atoms with E-state index in [-0.39, 0.29) is 24.5 Å². The van der Waals surface area contributed by atoms with Gasteiger partial charge in [0.25, 0.3) is 5.91 Å². The molecule has 1 fully saturated rings. The number of ether oxygens (including phenoxy) is 3. The van der Waals surface area contributed by atoms with Crippen molar-refractivity contribution in [2.24, 2.45) is 5.73 Å². The third kappa shape index (κ3) is 5.60. The van der Waals surface area contributed by atoms with Gasteiger partial charge in [0.05, 0.1) is 13.2 Å². The normalized spacial score (nSPS) is 19.0. The fraction of sp³-hybridized carbons (Fsp3) is 0.556. The highest BCUT2D eigenvalue weighted by Crippen LogP contribution is 2.28. The Balaban J connectivity index is 1.88. The van der Waals surface area contributed by atoms with Gasteiger partial charge >= 0.3 is 0 Å². The molecule has 1 aromatic rings. The summed E-state index contributed by atoms with van der Waals surface area (Å²) in [7, 11) is 1.52. The van der Waals surface area contributed by atoms with Crippen molar-refractivity contribution in [1.82, 2.24) is 10.6 Å². The highest BCUT2D eigenvalue weighted by Gasteiger charge is 2.29. The maximum absolute atomic E-state index is 12.2. The highest BCUT2D eigenvalue weighted by molar-refractivity contribution is 5.81. The number of nitrogens with one attached hydrogen (secondary N) is 2. The van der Waals surface area contributed by atoms with Crippen LogP contribution in [-0.4, -0.2) is 50.8 Å². The summed E-state index contributed by atoms with van der Waals surface area (Å²) >= 11 is 0. The first-order valence-corrected chi connectivity index (χ1v) is 8.77. The number of carbonyl (C=O) groups excluding carboxylic acids is 2. The summed E-state index contributed by atoms with van der Waals surface area (Å²) in [6.07, 6.45) is 1.02. The van der Waals surface area contributed by atoms with Crippen molar-refractivity contribution in [3.05, 3.63) is 23.8 Å². The van der Waals surface area contributed by atoms with E-state index in [4.69, 9.17) is 19.9 Å². The van der Waals surface area contributed by atoms with Gasteiger partial charge < -0.3 is 30.6 Å². The summed E-state index contributed by atoms with van der Waals surface area (Å²) in [6, 6.07) is 5.30. The predicted molar refractivity (Wildman–Crippen MR) is 96.0 cm³/mol. The van der Waals surface area contributed by atoms with Gasteiger partial charge in [0.1, 0.15) is 6.10 Å². The third-order valence-electron chi connectivity index (χ3n) is 4.09. The van der Waals surface area contributed by atoms with Crippen molar-refractivity contribution in [3.63, 3.8) is 0 Å². The van der Waals surface area contributed by atoms with E-state index in [0.717, 1.165) is 12.0 Å². The summed E-state index contributed by atoms with van der Waals surface area (Å²) in [5, 5.41) is 5.52. The second kappa shape index (κ2) is 9.98. The summed E-state index contributed by atoms with van der Waals surface area (Å²) in [5.74, 6) is 0.634. The molecule has 0 radical (unpaired) electrons. The predicted octanol–water partition coefficient (Wildman–Crippen LogP) is 0.333. The first-order chi connectivity index (χ1) is 12.6. The average molecular weight is 365 g/mol. The molecule has 2 rings (SSSR count). The maximum atomic E-state index is 12.2. The molecular weight excluding hydrogens is 338 g/mol. The van der Waals surface area contributed by atoms with E-state index in [1.54, 1.807) is 12.1 Å². The Morgan fingerprint density at radius 3 is 2.73 bits per heavy atom. The lowest BCUT2D eigenvalue weighted by Crippen LogP contribution is -2.35. The van der Waals surface area contributed by atoms with E-state index in [2.05, 4.69) is 10.6 Å². The lowest BCUT2D eigenvalue weighted by atomic mass is 10.1. The topological polar surface area (TPSA) is 112 Å². The largest absolute Gasteiger partial charge is 0.493 e. The Morgan fingerprint density at radius 2 is 2.08 bits per heavy atom. The molecule has 8 nitrogen and oxygen atoms in total. The Hall–Kier alpha value is -2.32. The first kappa shape index (κ1) is 20.0. The molecule has 8 heteroatoms. The summed E-state index contributed by atoms with van der Waals surface area (Å²) in [6.45, 7) is 3.09. The summed E-state index contributed by atoms with van der Waals surface area (Å²) in [4.78, 5) is 23.7. The maximum Gasteiger partial charge on any atom is 0.257 e. The van der Waals surface area contributed by atoms with Crippen LogP contribution in [0.3, 0.4) is 0 Å². The molecule has 1 saturated heterocycles. The summed E-state index contributed by atoms with van der Waals surface area (Å²) in [5.41, 5.74) is 6.42. The molecule has 0 unspecified atom stereocenters. The number of benzene rings is 1. The molecule has 0 bridgehead atoms. The fourth-order valence-corrected chi connectivity index (χ4v) is 2.71. The second-order valence-corrected chi connectivity index (χ2v) is 6.00. The standard InChI is InChI=1S/C18H27N3O5/c1-3-20-17(22)11-25-14-6-4-12(8-16(14)24-2)10-21-18(23)15-7-5-13(9-19)26-15/h4,6,8,13,15H,3,5,7,9-11,19H2,1-2H3,(H,20,22)(H,21,23)/t13-,15+/m1/s1. The molecule has 1 aromatic carbocycles. The van der Waals surface area contributed by atoms with Crippen LogP contribution in [0.4, 0.5) is 0 Å². The molecule has 1 aliphatic heterocycles. The Morgan fingerprint density at radius 1 is 1.27 bits per heavy atom. The van der Waals surface area contributed by atoms with Gasteiger partial charge in [-0.15, -0.1) is 0 Å². The van der Waals surface area contributed by atoms with Crippen LogP contribution < -0.4 is 25.8 Å². The first-order valence-electron chi connectivity index (χ1n) is 8.77. The quantitative estimate of drug-likeness (QED) is 0.582. The zero-order valence-electron chi connectivity index (χ0n) is 15.2. The lowest BCUT2D eigenvalue weighted by molar-refractivity contribution is -0.132. The Bertz CT molecular complexity index is 623. The number of carbonyl (C=O) groups is 2. The van der Waals surface area contributed by atoms with Crippen LogP contribution in [0.2, 0.25) is 0 Å². The number of rotatable bonds is 9. The van der Waals surface area contributed by atoms with Crippen LogP contribution in [-0.2, 0) is 20.9 Å². The van der Waals surface area contributed by atoms with Crippen molar-refractivity contribution in [2.45, 2.75) is 38.5 Å². The number of amides is 2. The molecule has 2 atom stereocenters. The lowest BCUT2D eigenvalue weighted by Gasteiger charge is -2.14. The number of nitrogens with two attached hydrogens (primary N) is 1. The van der Waals surface area contributed by atoms with Crippen molar-refractivity contribution >= 4 is 11.8 Å². The SMILES string of the molecule is CCNC(=O)COc1ccc(CNC(=O)[C@@H]2CC[C@H](CN)O2)cc1OC. The van der Waals surface area contributed by atoms with Gasteiger partial charge in [0.2, 0.25) is 5.91 Å². The molecular formula is C18H27N3O5.